The van der Waals surface area contributed by atoms with E-state index in [1.807, 2.05) is 31.2 Å². The van der Waals surface area contributed by atoms with Gasteiger partial charge >= 0.3 is 6.18 Å². The molecule has 0 spiro atoms. The third-order valence-corrected chi connectivity index (χ3v) is 6.99. The molecular weight excluding hydrogens is 451 g/mol. The summed E-state index contributed by atoms with van der Waals surface area (Å²) in [4.78, 5) is 14.3. The average Bonchev–Trinajstić information content (AvgIpc) is 3.63. The van der Waals surface area contributed by atoms with E-state index in [0.29, 0.717) is 24.4 Å². The fourth-order valence-corrected chi connectivity index (χ4v) is 4.67. The van der Waals surface area contributed by atoms with Crippen LogP contribution in [0, 0.1) is 5.92 Å². The van der Waals surface area contributed by atoms with Crippen LogP contribution in [0.2, 0.25) is 0 Å². The van der Waals surface area contributed by atoms with Crippen molar-refractivity contribution in [1.29, 1.82) is 0 Å². The van der Waals surface area contributed by atoms with Gasteiger partial charge in [0, 0.05) is 36.0 Å². The Kier molecular flexibility index (Phi) is 7.97. The van der Waals surface area contributed by atoms with Gasteiger partial charge in [0.1, 0.15) is 0 Å². The van der Waals surface area contributed by atoms with Crippen LogP contribution < -0.4 is 10.9 Å². The second-order valence-corrected chi connectivity index (χ2v) is 9.70. The normalized spacial score (nSPS) is 16.6. The van der Waals surface area contributed by atoms with E-state index in [1.54, 1.807) is 17.0 Å². The first-order valence-corrected chi connectivity index (χ1v) is 12.5. The van der Waals surface area contributed by atoms with Crippen molar-refractivity contribution in [3.63, 3.8) is 0 Å². The molecule has 1 amide bonds. The van der Waals surface area contributed by atoms with Gasteiger partial charge in [-0.3, -0.25) is 15.6 Å². The third-order valence-electron chi connectivity index (χ3n) is 6.99. The summed E-state index contributed by atoms with van der Waals surface area (Å²) in [5.41, 5.74) is 9.55. The van der Waals surface area contributed by atoms with Gasteiger partial charge in [-0.1, -0.05) is 56.2 Å². The lowest BCUT2D eigenvalue weighted by atomic mass is 9.96. The maximum atomic E-state index is 13.4. The minimum absolute atomic E-state index is 0.0206. The smallest absolute Gasteiger partial charge is 0.308 e. The summed E-state index contributed by atoms with van der Waals surface area (Å²) in [5, 5.41) is 0. The maximum Gasteiger partial charge on any atom is 0.416 e. The Morgan fingerprint density at radius 3 is 2.51 bits per heavy atom. The Morgan fingerprint density at radius 2 is 1.83 bits per heavy atom. The van der Waals surface area contributed by atoms with Gasteiger partial charge in [-0.25, -0.2) is 0 Å². The Hall–Kier alpha value is -2.64. The molecule has 0 unspecified atom stereocenters. The highest BCUT2D eigenvalue weighted by molar-refractivity contribution is 6.08. The Labute approximate surface area is 205 Å². The molecule has 2 aliphatic rings. The molecule has 0 bridgehead atoms. The van der Waals surface area contributed by atoms with Crippen LogP contribution in [0.15, 0.2) is 49.0 Å². The second kappa shape index (κ2) is 11.0. The lowest BCUT2D eigenvalue weighted by Crippen LogP contribution is -2.35. The van der Waals surface area contributed by atoms with Crippen molar-refractivity contribution in [3.05, 3.63) is 76.9 Å². The number of rotatable bonds is 12. The third kappa shape index (κ3) is 6.33. The minimum atomic E-state index is -4.32. The van der Waals surface area contributed by atoms with Crippen LogP contribution in [0.3, 0.4) is 0 Å². The summed E-state index contributed by atoms with van der Waals surface area (Å²) in [7, 11) is 0. The van der Waals surface area contributed by atoms with Crippen molar-refractivity contribution in [3.8, 4) is 0 Å². The quantitative estimate of drug-likeness (QED) is 0.266. The van der Waals surface area contributed by atoms with E-state index in [4.69, 9.17) is 0 Å². The van der Waals surface area contributed by atoms with Gasteiger partial charge in [0.2, 0.25) is 0 Å². The van der Waals surface area contributed by atoms with E-state index in [9.17, 15) is 18.0 Å². The van der Waals surface area contributed by atoms with Crippen molar-refractivity contribution in [1.82, 2.24) is 15.8 Å². The fraction of sp³-hybridized carbons (Fsp3) is 0.464. The molecule has 4 rings (SSSR count). The topological polar surface area (TPSA) is 44.4 Å². The van der Waals surface area contributed by atoms with E-state index >= 15 is 0 Å². The largest absolute Gasteiger partial charge is 0.416 e. The summed E-state index contributed by atoms with van der Waals surface area (Å²) in [6, 6.07) is 11.9. The second-order valence-electron chi connectivity index (χ2n) is 9.70. The molecule has 0 radical (unpaired) electrons. The number of benzene rings is 2. The molecule has 1 heterocycles. The van der Waals surface area contributed by atoms with Gasteiger partial charge in [-0.2, -0.15) is 13.2 Å². The van der Waals surface area contributed by atoms with Gasteiger partial charge in [0.25, 0.3) is 5.91 Å². The van der Waals surface area contributed by atoms with E-state index in [2.05, 4.69) is 17.4 Å². The molecule has 2 aromatic carbocycles. The summed E-state index contributed by atoms with van der Waals surface area (Å²) in [6.07, 6.45) is 2.00. The number of amides is 1. The van der Waals surface area contributed by atoms with Gasteiger partial charge in [-0.05, 0) is 61.8 Å². The van der Waals surface area contributed by atoms with Crippen molar-refractivity contribution in [2.24, 2.45) is 5.92 Å². The van der Waals surface area contributed by atoms with Gasteiger partial charge in [0.15, 0.2) is 0 Å². The SMILES string of the molecule is C=C1c2ccccc2C(=O)N1CCCCCNN[C@@H](C)c1ccc(C(F)(F)F)c(CCC2CC2)c1. The number of nitrogens with one attached hydrogen (secondary N) is 2. The number of nitrogens with zero attached hydrogens (tertiary/aromatic N) is 1. The average molecular weight is 486 g/mol. The van der Waals surface area contributed by atoms with Gasteiger partial charge in [0.05, 0.1) is 5.56 Å². The van der Waals surface area contributed by atoms with Gasteiger partial charge < -0.3 is 4.90 Å². The monoisotopic (exact) mass is 485 g/mol. The number of fused-ring (bicyclic) bond motifs is 1. The highest BCUT2D eigenvalue weighted by Gasteiger charge is 2.34. The van der Waals surface area contributed by atoms with Crippen LogP contribution in [-0.4, -0.2) is 23.9 Å². The van der Waals surface area contributed by atoms with E-state index in [1.165, 1.54) is 6.07 Å². The number of carbonyl (C=O) groups is 1. The molecule has 1 saturated carbocycles. The summed E-state index contributed by atoms with van der Waals surface area (Å²) in [5.74, 6) is 0.612. The molecule has 1 aliphatic carbocycles. The molecule has 2 aromatic rings. The molecule has 0 saturated heterocycles. The first-order chi connectivity index (χ1) is 16.8. The Balaban J connectivity index is 1.18. The lowest BCUT2D eigenvalue weighted by molar-refractivity contribution is -0.138. The molecule has 2 N–H and O–H groups in total. The van der Waals surface area contributed by atoms with Crippen molar-refractivity contribution in [2.45, 2.75) is 64.1 Å². The predicted octanol–water partition coefficient (Wildman–Crippen LogP) is 6.50. The van der Waals surface area contributed by atoms with Crippen LogP contribution in [0.4, 0.5) is 13.2 Å². The zero-order chi connectivity index (χ0) is 25.0. The lowest BCUT2D eigenvalue weighted by Gasteiger charge is -2.19. The number of hydrogen-bond acceptors (Lipinski definition) is 3. The van der Waals surface area contributed by atoms with E-state index in [0.717, 1.165) is 67.5 Å². The van der Waals surface area contributed by atoms with Crippen molar-refractivity contribution in [2.75, 3.05) is 13.1 Å². The molecule has 35 heavy (non-hydrogen) atoms. The highest BCUT2D eigenvalue weighted by Crippen LogP contribution is 2.38. The molecule has 1 aliphatic heterocycles. The van der Waals surface area contributed by atoms with Crippen LogP contribution in [-0.2, 0) is 12.6 Å². The molecule has 1 fully saturated rings. The minimum Gasteiger partial charge on any atom is -0.308 e. The zero-order valence-corrected chi connectivity index (χ0v) is 20.3. The van der Waals surface area contributed by atoms with Crippen LogP contribution in [0.1, 0.15) is 84.1 Å². The molecule has 7 heteroatoms. The zero-order valence-electron chi connectivity index (χ0n) is 20.3. The first-order valence-electron chi connectivity index (χ1n) is 12.5. The number of alkyl halides is 3. The molecule has 0 aromatic heterocycles. The first kappa shape index (κ1) is 25.5. The fourth-order valence-electron chi connectivity index (χ4n) is 4.67. The maximum absolute atomic E-state index is 13.4. The summed E-state index contributed by atoms with van der Waals surface area (Å²) >= 11 is 0. The number of aryl methyl sites for hydroxylation is 1. The van der Waals surface area contributed by atoms with Gasteiger partial charge in [-0.15, -0.1) is 0 Å². The molecular formula is C28H34F3N3O. The number of unbranched alkanes of at least 4 members (excludes halogenated alkanes) is 2. The molecule has 1 atom stereocenters. The predicted molar refractivity (Wildman–Crippen MR) is 132 cm³/mol. The van der Waals surface area contributed by atoms with Crippen molar-refractivity contribution >= 4 is 11.6 Å². The van der Waals surface area contributed by atoms with E-state index < -0.39 is 11.7 Å². The summed E-state index contributed by atoms with van der Waals surface area (Å²) < 4.78 is 40.3. The van der Waals surface area contributed by atoms with E-state index in [-0.39, 0.29) is 11.9 Å². The molecule has 4 nitrogen and oxygen atoms in total. The number of hydrazine groups is 1. The number of carbonyl (C=O) groups excluding carboxylic acids is 1. The Morgan fingerprint density at radius 1 is 1.09 bits per heavy atom. The van der Waals surface area contributed by atoms with Crippen LogP contribution in [0.25, 0.3) is 5.70 Å². The van der Waals surface area contributed by atoms with Crippen LogP contribution >= 0.6 is 0 Å². The Bertz CT molecular complexity index is 1030. The number of hydrogen-bond donors (Lipinski definition) is 2. The molecule has 188 valence electrons. The highest BCUT2D eigenvalue weighted by atomic mass is 19.4. The summed E-state index contributed by atoms with van der Waals surface area (Å²) in [6.45, 7) is 7.39. The number of halogens is 3. The van der Waals surface area contributed by atoms with Crippen molar-refractivity contribution < 1.29 is 18.0 Å². The van der Waals surface area contributed by atoms with Crippen LogP contribution in [0.5, 0.6) is 0 Å². The standard InChI is InChI=1S/C28H34F3N3O/c1-19(22-14-15-26(28(29,30)31)23(18-22)13-12-21-10-11-21)33-32-16-6-3-7-17-34-20(2)24-8-4-5-9-25(24)27(34)35/h4-5,8-9,14-15,18-19,21,32-33H,2-3,6-7,10-13,16-17H2,1H3/t19-/m0/s1.